The van der Waals surface area contributed by atoms with Crippen LogP contribution in [0.5, 0.6) is 11.5 Å². The van der Waals surface area contributed by atoms with Gasteiger partial charge in [0, 0.05) is 18.3 Å². The molecule has 0 aliphatic rings. The summed E-state index contributed by atoms with van der Waals surface area (Å²) in [6.07, 6.45) is 1.66. The standard InChI is InChI=1S/C19H20N2O4/c1-10(2)12-8-16(22)25-19-17(12)14(23-4)9-15(24-5)18(19)13-6-7-20-11(3)21-13/h6-10H,1-5H3. The van der Waals surface area contributed by atoms with E-state index in [2.05, 4.69) is 9.97 Å². The number of hydrogen-bond acceptors (Lipinski definition) is 6. The highest BCUT2D eigenvalue weighted by Crippen LogP contribution is 2.43. The number of aryl methyl sites for hydroxylation is 1. The average Bonchev–Trinajstić information content (AvgIpc) is 2.59. The van der Waals surface area contributed by atoms with E-state index in [1.165, 1.54) is 6.07 Å². The van der Waals surface area contributed by atoms with Gasteiger partial charge in [0.2, 0.25) is 0 Å². The van der Waals surface area contributed by atoms with Crippen LogP contribution < -0.4 is 15.1 Å². The summed E-state index contributed by atoms with van der Waals surface area (Å²) in [7, 11) is 3.14. The fourth-order valence-corrected chi connectivity index (χ4v) is 2.93. The highest BCUT2D eigenvalue weighted by molar-refractivity contribution is 6.00. The molecule has 0 amide bonds. The predicted octanol–water partition coefficient (Wildman–Crippen LogP) is 3.70. The van der Waals surface area contributed by atoms with E-state index in [-0.39, 0.29) is 5.92 Å². The lowest BCUT2D eigenvalue weighted by Crippen LogP contribution is -2.05. The quantitative estimate of drug-likeness (QED) is 0.674. The Morgan fingerprint density at radius 1 is 1.12 bits per heavy atom. The van der Waals surface area contributed by atoms with E-state index < -0.39 is 5.63 Å². The number of aromatic nitrogens is 2. The summed E-state index contributed by atoms with van der Waals surface area (Å²) < 4.78 is 16.7. The smallest absolute Gasteiger partial charge is 0.336 e. The van der Waals surface area contributed by atoms with Gasteiger partial charge in [0.15, 0.2) is 5.58 Å². The van der Waals surface area contributed by atoms with Gasteiger partial charge in [-0.05, 0) is 24.5 Å². The largest absolute Gasteiger partial charge is 0.496 e. The molecule has 6 heteroatoms. The van der Waals surface area contributed by atoms with Crippen molar-refractivity contribution in [3.05, 3.63) is 46.2 Å². The molecular formula is C19H20N2O4. The molecule has 0 saturated heterocycles. The molecule has 0 saturated carbocycles. The Bertz CT molecular complexity index is 993. The van der Waals surface area contributed by atoms with Gasteiger partial charge in [0.05, 0.1) is 30.9 Å². The molecule has 1 aromatic carbocycles. The monoisotopic (exact) mass is 340 g/mol. The van der Waals surface area contributed by atoms with Crippen molar-refractivity contribution in [3.8, 4) is 22.8 Å². The topological polar surface area (TPSA) is 74.5 Å². The molecule has 0 spiro atoms. The van der Waals surface area contributed by atoms with Crippen LogP contribution in [0.2, 0.25) is 0 Å². The molecule has 6 nitrogen and oxygen atoms in total. The number of methoxy groups -OCH3 is 2. The summed E-state index contributed by atoms with van der Waals surface area (Å²) >= 11 is 0. The van der Waals surface area contributed by atoms with Crippen molar-refractivity contribution in [2.45, 2.75) is 26.7 Å². The zero-order valence-electron chi connectivity index (χ0n) is 14.9. The molecule has 0 fully saturated rings. The second kappa shape index (κ2) is 6.55. The Labute approximate surface area is 145 Å². The van der Waals surface area contributed by atoms with Crippen molar-refractivity contribution in [3.63, 3.8) is 0 Å². The minimum absolute atomic E-state index is 0.119. The van der Waals surface area contributed by atoms with E-state index in [1.54, 1.807) is 39.5 Å². The molecule has 2 heterocycles. The Morgan fingerprint density at radius 2 is 1.84 bits per heavy atom. The zero-order chi connectivity index (χ0) is 18.1. The molecule has 0 radical (unpaired) electrons. The summed E-state index contributed by atoms with van der Waals surface area (Å²) in [5.74, 6) is 1.85. The van der Waals surface area contributed by atoms with Gasteiger partial charge in [-0.2, -0.15) is 0 Å². The second-order valence-electron chi connectivity index (χ2n) is 6.02. The number of hydrogen-bond donors (Lipinski definition) is 0. The molecule has 0 aliphatic heterocycles. The third-order valence-electron chi connectivity index (χ3n) is 4.07. The van der Waals surface area contributed by atoms with Gasteiger partial charge in [-0.1, -0.05) is 13.8 Å². The third-order valence-corrected chi connectivity index (χ3v) is 4.07. The van der Waals surface area contributed by atoms with Crippen molar-refractivity contribution in [2.24, 2.45) is 0 Å². The number of nitrogens with zero attached hydrogens (tertiary/aromatic N) is 2. The van der Waals surface area contributed by atoms with Crippen LogP contribution in [0.3, 0.4) is 0 Å². The van der Waals surface area contributed by atoms with E-state index in [0.717, 1.165) is 10.9 Å². The van der Waals surface area contributed by atoms with Crippen LogP contribution in [0.25, 0.3) is 22.2 Å². The van der Waals surface area contributed by atoms with Crippen LogP contribution in [-0.2, 0) is 0 Å². The lowest BCUT2D eigenvalue weighted by atomic mass is 9.96. The fourth-order valence-electron chi connectivity index (χ4n) is 2.93. The summed E-state index contributed by atoms with van der Waals surface area (Å²) in [5, 5.41) is 0.754. The first kappa shape index (κ1) is 17.0. The van der Waals surface area contributed by atoms with Gasteiger partial charge >= 0.3 is 5.63 Å². The van der Waals surface area contributed by atoms with Gasteiger partial charge in [-0.15, -0.1) is 0 Å². The lowest BCUT2D eigenvalue weighted by molar-refractivity contribution is 0.396. The van der Waals surface area contributed by atoms with Crippen molar-refractivity contribution >= 4 is 11.0 Å². The molecule has 0 N–H and O–H groups in total. The van der Waals surface area contributed by atoms with E-state index in [0.29, 0.717) is 34.2 Å². The molecule has 0 bridgehead atoms. The number of rotatable bonds is 4. The van der Waals surface area contributed by atoms with E-state index in [1.807, 2.05) is 13.8 Å². The van der Waals surface area contributed by atoms with Gasteiger partial charge in [0.25, 0.3) is 0 Å². The van der Waals surface area contributed by atoms with E-state index in [4.69, 9.17) is 13.9 Å². The summed E-state index contributed by atoms with van der Waals surface area (Å²) in [6, 6.07) is 5.07. The fraction of sp³-hybridized carbons (Fsp3) is 0.316. The SMILES string of the molecule is COc1cc(OC)c2c(C(C)C)cc(=O)oc2c1-c1ccnc(C)n1. The van der Waals surface area contributed by atoms with Crippen molar-refractivity contribution in [2.75, 3.05) is 14.2 Å². The van der Waals surface area contributed by atoms with Gasteiger partial charge in [0.1, 0.15) is 17.3 Å². The Morgan fingerprint density at radius 3 is 2.44 bits per heavy atom. The lowest BCUT2D eigenvalue weighted by Gasteiger charge is -2.17. The molecule has 0 aliphatic carbocycles. The Hall–Kier alpha value is -2.89. The van der Waals surface area contributed by atoms with Crippen LogP contribution in [-0.4, -0.2) is 24.2 Å². The van der Waals surface area contributed by atoms with Crippen LogP contribution in [0.4, 0.5) is 0 Å². The number of fused-ring (bicyclic) bond motifs is 1. The van der Waals surface area contributed by atoms with Gasteiger partial charge < -0.3 is 13.9 Å². The van der Waals surface area contributed by atoms with Crippen LogP contribution in [0.1, 0.15) is 31.2 Å². The van der Waals surface area contributed by atoms with E-state index >= 15 is 0 Å². The average molecular weight is 340 g/mol. The summed E-state index contributed by atoms with van der Waals surface area (Å²) in [5.41, 5.74) is 2.09. The molecule has 3 rings (SSSR count). The maximum Gasteiger partial charge on any atom is 0.336 e. The zero-order valence-corrected chi connectivity index (χ0v) is 14.9. The minimum atomic E-state index is -0.418. The highest BCUT2D eigenvalue weighted by atomic mass is 16.5. The summed E-state index contributed by atoms with van der Waals surface area (Å²) in [4.78, 5) is 20.8. The third kappa shape index (κ3) is 2.95. The molecule has 130 valence electrons. The van der Waals surface area contributed by atoms with Crippen LogP contribution >= 0.6 is 0 Å². The van der Waals surface area contributed by atoms with Crippen LogP contribution in [0.15, 0.2) is 33.6 Å². The molecule has 2 aromatic heterocycles. The first-order valence-corrected chi connectivity index (χ1v) is 7.99. The van der Waals surface area contributed by atoms with Gasteiger partial charge in [-0.3, -0.25) is 0 Å². The predicted molar refractivity (Wildman–Crippen MR) is 95.4 cm³/mol. The second-order valence-corrected chi connectivity index (χ2v) is 6.02. The van der Waals surface area contributed by atoms with Crippen LogP contribution in [0, 0.1) is 6.92 Å². The maximum atomic E-state index is 12.2. The highest BCUT2D eigenvalue weighted by Gasteiger charge is 2.22. The number of benzene rings is 1. The molecule has 3 aromatic rings. The maximum absolute atomic E-state index is 12.2. The first-order chi connectivity index (χ1) is 12.0. The molecule has 0 atom stereocenters. The molecule has 0 unspecified atom stereocenters. The Balaban J connectivity index is 2.53. The van der Waals surface area contributed by atoms with E-state index in [9.17, 15) is 4.79 Å². The molecule has 25 heavy (non-hydrogen) atoms. The van der Waals surface area contributed by atoms with Gasteiger partial charge in [-0.25, -0.2) is 14.8 Å². The Kier molecular flexibility index (Phi) is 4.44. The van der Waals surface area contributed by atoms with Crippen molar-refractivity contribution in [1.82, 2.24) is 9.97 Å². The minimum Gasteiger partial charge on any atom is -0.496 e. The normalized spacial score (nSPS) is 11.1. The van der Waals surface area contributed by atoms with Crippen molar-refractivity contribution in [1.29, 1.82) is 0 Å². The molecular weight excluding hydrogens is 320 g/mol. The number of ether oxygens (including phenoxy) is 2. The summed E-state index contributed by atoms with van der Waals surface area (Å²) in [6.45, 7) is 5.84. The first-order valence-electron chi connectivity index (χ1n) is 7.99. The van der Waals surface area contributed by atoms with Crippen molar-refractivity contribution < 1.29 is 13.9 Å².